The van der Waals surface area contributed by atoms with E-state index in [4.69, 9.17) is 26.1 Å². The molecule has 0 atom stereocenters. The minimum Gasteiger partial charge on any atom is -0.456 e. The van der Waals surface area contributed by atoms with Crippen molar-refractivity contribution in [2.24, 2.45) is 0 Å². The van der Waals surface area contributed by atoms with Crippen LogP contribution in [0.1, 0.15) is 0 Å². The number of hydrogen-bond donors (Lipinski definition) is 1. The normalized spacial score (nSPS) is 14.0. The van der Waals surface area contributed by atoms with Gasteiger partial charge < -0.3 is 19.7 Å². The first kappa shape index (κ1) is 20.5. The van der Waals surface area contributed by atoms with Crippen LogP contribution in [0.2, 0.25) is 5.02 Å². The summed E-state index contributed by atoms with van der Waals surface area (Å²) in [5.74, 6) is 2.31. The Labute approximate surface area is 198 Å². The van der Waals surface area contributed by atoms with Gasteiger partial charge in [-0.15, -0.1) is 0 Å². The second kappa shape index (κ2) is 8.69. The number of anilines is 3. The monoisotopic (exact) mass is 475 g/mol. The van der Waals surface area contributed by atoms with E-state index in [1.54, 1.807) is 41.2 Å². The molecule has 12 heteroatoms. The Morgan fingerprint density at radius 3 is 2.79 bits per heavy atom. The maximum Gasteiger partial charge on any atom is 0.226 e. The highest BCUT2D eigenvalue weighted by atomic mass is 35.5. The Hall–Kier alpha value is -4.09. The van der Waals surface area contributed by atoms with Crippen molar-refractivity contribution in [3.8, 4) is 11.5 Å². The van der Waals surface area contributed by atoms with Crippen LogP contribution in [0.15, 0.2) is 55.4 Å². The van der Waals surface area contributed by atoms with Gasteiger partial charge in [0.1, 0.15) is 35.2 Å². The van der Waals surface area contributed by atoms with Crippen LogP contribution < -0.4 is 15.0 Å². The smallest absolute Gasteiger partial charge is 0.226 e. The largest absolute Gasteiger partial charge is 0.456 e. The van der Waals surface area contributed by atoms with Crippen LogP contribution in [0.25, 0.3) is 16.7 Å². The van der Waals surface area contributed by atoms with Gasteiger partial charge in [-0.25, -0.2) is 29.4 Å². The number of ether oxygens (including phenoxy) is 2. The molecule has 5 aromatic rings. The third-order valence-electron chi connectivity index (χ3n) is 5.33. The molecular weight excluding hydrogens is 458 g/mol. The van der Waals surface area contributed by atoms with Crippen molar-refractivity contribution in [1.29, 1.82) is 0 Å². The SMILES string of the molecule is Clc1cc(Nc2ncnc3cnc(N4CCOCC4)nc23)ccc1Oc1ccn2ncnc2c1. The van der Waals surface area contributed by atoms with Crippen molar-refractivity contribution in [2.45, 2.75) is 0 Å². The van der Waals surface area contributed by atoms with E-state index in [1.165, 1.54) is 12.7 Å². The number of halogens is 1. The van der Waals surface area contributed by atoms with Crippen LogP contribution in [0.4, 0.5) is 17.5 Å². The lowest BCUT2D eigenvalue weighted by Gasteiger charge is -2.26. The molecule has 0 aliphatic carbocycles. The third kappa shape index (κ3) is 4.02. The fourth-order valence-corrected chi connectivity index (χ4v) is 3.86. The molecule has 1 aliphatic heterocycles. The average molecular weight is 476 g/mol. The van der Waals surface area contributed by atoms with Gasteiger partial charge in [-0.1, -0.05) is 11.6 Å². The lowest BCUT2D eigenvalue weighted by atomic mass is 10.3. The second-order valence-electron chi connectivity index (χ2n) is 7.52. The molecule has 1 aliphatic rings. The molecule has 0 unspecified atom stereocenters. The second-order valence-corrected chi connectivity index (χ2v) is 7.93. The summed E-state index contributed by atoms with van der Waals surface area (Å²) in [4.78, 5) is 24.1. The summed E-state index contributed by atoms with van der Waals surface area (Å²) in [6.45, 7) is 2.78. The topological polar surface area (TPSA) is 115 Å². The number of nitrogens with one attached hydrogen (secondary N) is 1. The molecule has 0 radical (unpaired) electrons. The maximum absolute atomic E-state index is 6.51. The third-order valence-corrected chi connectivity index (χ3v) is 5.63. The molecule has 1 fully saturated rings. The first-order valence-electron chi connectivity index (χ1n) is 10.6. The van der Waals surface area contributed by atoms with E-state index in [-0.39, 0.29) is 0 Å². The molecule has 34 heavy (non-hydrogen) atoms. The number of hydrogen-bond acceptors (Lipinski definition) is 10. The summed E-state index contributed by atoms with van der Waals surface area (Å²) < 4.78 is 13.0. The van der Waals surface area contributed by atoms with Gasteiger partial charge in [0.15, 0.2) is 11.5 Å². The molecule has 5 heterocycles. The van der Waals surface area contributed by atoms with Crippen molar-refractivity contribution in [1.82, 2.24) is 34.5 Å². The Morgan fingerprint density at radius 1 is 1.00 bits per heavy atom. The molecule has 4 aromatic heterocycles. The minimum absolute atomic E-state index is 0.438. The first-order valence-corrected chi connectivity index (χ1v) is 10.9. The zero-order valence-electron chi connectivity index (χ0n) is 17.8. The van der Waals surface area contributed by atoms with E-state index in [0.29, 0.717) is 58.2 Å². The molecule has 1 aromatic carbocycles. The number of morpholine rings is 1. The minimum atomic E-state index is 0.438. The highest BCUT2D eigenvalue weighted by molar-refractivity contribution is 6.32. The van der Waals surface area contributed by atoms with E-state index < -0.39 is 0 Å². The standard InChI is InChI=1S/C22H18ClN9O2/c23-16-9-14(1-2-18(16)34-15-3-4-32-19(10-15)26-13-28-32)29-21-20-17(25-12-27-21)11-24-22(30-20)31-5-7-33-8-6-31/h1-4,9-13H,5-8H2,(H,25,27,29). The fraction of sp³-hybridized carbons (Fsp3) is 0.182. The first-order chi connectivity index (χ1) is 16.7. The molecule has 0 bridgehead atoms. The molecule has 0 saturated carbocycles. The van der Waals surface area contributed by atoms with Gasteiger partial charge in [-0.05, 0) is 24.3 Å². The van der Waals surface area contributed by atoms with Gasteiger partial charge in [0.2, 0.25) is 5.95 Å². The summed E-state index contributed by atoms with van der Waals surface area (Å²) in [5.41, 5.74) is 2.68. The highest BCUT2D eigenvalue weighted by Gasteiger charge is 2.16. The van der Waals surface area contributed by atoms with Crippen molar-refractivity contribution in [2.75, 3.05) is 36.5 Å². The molecule has 0 spiro atoms. The average Bonchev–Trinajstić information content (AvgIpc) is 3.34. The number of aromatic nitrogens is 7. The van der Waals surface area contributed by atoms with Gasteiger partial charge >= 0.3 is 0 Å². The summed E-state index contributed by atoms with van der Waals surface area (Å²) in [5, 5.41) is 7.80. The van der Waals surface area contributed by atoms with E-state index >= 15 is 0 Å². The van der Waals surface area contributed by atoms with Gasteiger partial charge in [-0.3, -0.25) is 0 Å². The van der Waals surface area contributed by atoms with Crippen LogP contribution in [0.3, 0.4) is 0 Å². The van der Waals surface area contributed by atoms with Crippen molar-refractivity contribution < 1.29 is 9.47 Å². The van der Waals surface area contributed by atoms with E-state index in [2.05, 4.69) is 35.3 Å². The Kier molecular flexibility index (Phi) is 5.24. The van der Waals surface area contributed by atoms with Crippen LogP contribution in [-0.4, -0.2) is 60.8 Å². The maximum atomic E-state index is 6.51. The van der Waals surface area contributed by atoms with Crippen molar-refractivity contribution in [3.05, 3.63) is 60.4 Å². The van der Waals surface area contributed by atoms with Gasteiger partial charge in [0.05, 0.1) is 24.4 Å². The molecule has 11 nitrogen and oxygen atoms in total. The van der Waals surface area contributed by atoms with Crippen molar-refractivity contribution >= 4 is 45.7 Å². The number of fused-ring (bicyclic) bond motifs is 2. The number of pyridine rings is 1. The summed E-state index contributed by atoms with van der Waals surface area (Å²) in [7, 11) is 0. The zero-order valence-corrected chi connectivity index (χ0v) is 18.6. The summed E-state index contributed by atoms with van der Waals surface area (Å²) in [6, 6.07) is 8.99. The quantitative estimate of drug-likeness (QED) is 0.405. The van der Waals surface area contributed by atoms with Crippen LogP contribution in [-0.2, 0) is 4.74 Å². The number of rotatable bonds is 5. The summed E-state index contributed by atoms with van der Waals surface area (Å²) >= 11 is 6.51. The Bertz CT molecular complexity index is 1490. The number of benzene rings is 1. The zero-order chi connectivity index (χ0) is 22.9. The molecule has 1 N–H and O–H groups in total. The van der Waals surface area contributed by atoms with E-state index in [9.17, 15) is 0 Å². The van der Waals surface area contributed by atoms with E-state index in [1.807, 2.05) is 6.07 Å². The van der Waals surface area contributed by atoms with Crippen molar-refractivity contribution in [3.63, 3.8) is 0 Å². The summed E-state index contributed by atoms with van der Waals surface area (Å²) in [6.07, 6.45) is 6.44. The Morgan fingerprint density at radius 2 is 1.91 bits per heavy atom. The fourth-order valence-electron chi connectivity index (χ4n) is 3.64. The Balaban J connectivity index is 1.25. The van der Waals surface area contributed by atoms with Crippen LogP contribution in [0, 0.1) is 0 Å². The lowest BCUT2D eigenvalue weighted by molar-refractivity contribution is 0.122. The predicted octanol–water partition coefficient (Wildman–Crippen LogP) is 3.49. The molecular formula is C22H18ClN9O2. The van der Waals surface area contributed by atoms with Gasteiger partial charge in [-0.2, -0.15) is 5.10 Å². The van der Waals surface area contributed by atoms with Crippen LogP contribution >= 0.6 is 11.6 Å². The number of nitrogens with zero attached hydrogens (tertiary/aromatic N) is 8. The molecule has 6 rings (SSSR count). The molecule has 170 valence electrons. The predicted molar refractivity (Wildman–Crippen MR) is 126 cm³/mol. The van der Waals surface area contributed by atoms with E-state index in [0.717, 1.165) is 18.8 Å². The van der Waals surface area contributed by atoms with Gasteiger partial charge in [0, 0.05) is 31.0 Å². The molecule has 1 saturated heterocycles. The lowest BCUT2D eigenvalue weighted by Crippen LogP contribution is -2.37. The molecule has 0 amide bonds. The van der Waals surface area contributed by atoms with Gasteiger partial charge in [0.25, 0.3) is 0 Å². The highest BCUT2D eigenvalue weighted by Crippen LogP contribution is 2.33. The van der Waals surface area contributed by atoms with Crippen LogP contribution in [0.5, 0.6) is 11.5 Å².